The van der Waals surface area contributed by atoms with Gasteiger partial charge in [-0.15, -0.1) is 0 Å². The number of hydrogen-bond donors (Lipinski definition) is 1. The van der Waals surface area contributed by atoms with Crippen LogP contribution in [0.2, 0.25) is 0 Å². The minimum atomic E-state index is -0.849. The Kier molecular flexibility index (Phi) is 7.12. The molecule has 1 N–H and O–H groups in total. The van der Waals surface area contributed by atoms with Crippen molar-refractivity contribution in [1.82, 2.24) is 0 Å². The highest BCUT2D eigenvalue weighted by atomic mass is 32.8. The van der Waals surface area contributed by atoms with Crippen LogP contribution >= 0.6 is 0 Å². The molecular weight excluding hydrogens is 240 g/mol. The molecule has 0 heterocycles. The molecule has 0 radical (unpaired) electrons. The van der Waals surface area contributed by atoms with E-state index in [0.29, 0.717) is 18.3 Å². The molecule has 2 nitrogen and oxygen atoms in total. The first kappa shape index (κ1) is 14.0. The van der Waals surface area contributed by atoms with Crippen LogP contribution < -0.4 is 0 Å². The number of hydrogen-bond acceptors (Lipinski definition) is 2. The molecule has 92 valence electrons. The lowest BCUT2D eigenvalue weighted by Gasteiger charge is -2.11. The normalized spacial score (nSPS) is 21.9. The summed E-state index contributed by atoms with van der Waals surface area (Å²) in [7, 11) is -0.849. The van der Waals surface area contributed by atoms with Gasteiger partial charge >= 0.3 is 0 Å². The van der Waals surface area contributed by atoms with Gasteiger partial charge in [0.1, 0.15) is 0 Å². The summed E-state index contributed by atoms with van der Waals surface area (Å²) in [6.45, 7) is 3.69. The molecule has 0 saturated heterocycles. The minimum absolute atomic E-state index is 0.676. The fourth-order valence-corrected chi connectivity index (χ4v) is 2.25. The monoisotopic (exact) mass is 260 g/mol. The van der Waals surface area contributed by atoms with Gasteiger partial charge in [0, 0.05) is 22.1 Å². The summed E-state index contributed by atoms with van der Waals surface area (Å²) >= 11 is 4.68. The molecule has 0 fully saturated rings. The van der Waals surface area contributed by atoms with Gasteiger partial charge in [0.15, 0.2) is 0 Å². The Morgan fingerprint density at radius 1 is 1.56 bits per heavy atom. The van der Waals surface area contributed by atoms with Crippen molar-refractivity contribution in [3.8, 4) is 0 Å². The average molecular weight is 260 g/mol. The quantitative estimate of drug-likeness (QED) is 0.714. The lowest BCUT2D eigenvalue weighted by molar-refractivity contribution is 0.138. The van der Waals surface area contributed by atoms with Gasteiger partial charge in [0.05, 0.1) is 6.61 Å². The molecule has 0 aromatic carbocycles. The van der Waals surface area contributed by atoms with Crippen LogP contribution in [0.5, 0.6) is 0 Å². The molecule has 0 spiro atoms. The summed E-state index contributed by atoms with van der Waals surface area (Å²) < 4.78 is 14.4. The maximum atomic E-state index is 8.91. The first-order chi connectivity index (χ1) is 7.68. The second-order valence-corrected chi connectivity index (χ2v) is 6.30. The first-order valence-electron chi connectivity index (χ1n) is 5.71. The van der Waals surface area contributed by atoms with E-state index in [4.69, 9.17) is 9.29 Å². The molecule has 0 aliphatic heterocycles. The highest BCUT2D eigenvalue weighted by Gasteiger charge is 2.02. The number of ether oxygens (including phenoxy) is 1. The van der Waals surface area contributed by atoms with Gasteiger partial charge in [-0.3, -0.25) is 0 Å². The smallest absolute Gasteiger partial charge is 0.0506 e. The van der Waals surface area contributed by atoms with Crippen molar-refractivity contribution in [1.29, 1.82) is 0 Å². The average Bonchev–Trinajstić information content (AvgIpc) is 2.25. The van der Waals surface area contributed by atoms with Crippen LogP contribution in [0.15, 0.2) is 23.8 Å². The Morgan fingerprint density at radius 3 is 3.00 bits per heavy atom. The molecule has 0 amide bonds. The van der Waals surface area contributed by atoms with Crippen molar-refractivity contribution in [2.24, 2.45) is 5.92 Å². The lowest BCUT2D eigenvalue weighted by Crippen LogP contribution is -2.03. The predicted octanol–water partition coefficient (Wildman–Crippen LogP) is 2.86. The first-order valence-corrected chi connectivity index (χ1v) is 7.98. The van der Waals surface area contributed by atoms with Crippen molar-refractivity contribution < 1.29 is 9.29 Å². The Morgan fingerprint density at radius 2 is 2.38 bits per heavy atom. The zero-order valence-corrected chi connectivity index (χ0v) is 11.4. The summed E-state index contributed by atoms with van der Waals surface area (Å²) in [5.74, 6) is 1.36. The zero-order valence-electron chi connectivity index (χ0n) is 9.72. The van der Waals surface area contributed by atoms with E-state index in [2.05, 4.69) is 36.3 Å². The Balaban J connectivity index is 1.99. The Hall–Kier alpha value is -0.0300. The molecular formula is C12H20O2S2. The lowest BCUT2D eigenvalue weighted by atomic mass is 9.97. The van der Waals surface area contributed by atoms with Gasteiger partial charge in [0.2, 0.25) is 0 Å². The van der Waals surface area contributed by atoms with Crippen LogP contribution in [0.3, 0.4) is 0 Å². The van der Waals surface area contributed by atoms with Crippen LogP contribution in [-0.4, -0.2) is 23.5 Å². The van der Waals surface area contributed by atoms with Crippen molar-refractivity contribution in [3.05, 3.63) is 23.8 Å². The fraction of sp³-hybridized carbons (Fsp3) is 0.667. The summed E-state index contributed by atoms with van der Waals surface area (Å²) in [5.41, 5.74) is 1.38. The maximum absolute atomic E-state index is 8.91. The molecule has 1 rings (SSSR count). The SMILES string of the molecule is CC1C=CC(CCOCCCS(O)=S)=CC1. The van der Waals surface area contributed by atoms with E-state index < -0.39 is 9.74 Å². The predicted molar refractivity (Wildman–Crippen MR) is 73.3 cm³/mol. The van der Waals surface area contributed by atoms with E-state index in [0.717, 1.165) is 25.9 Å². The standard InChI is InChI=1S/C12H20O2S2/c1-11-3-5-12(6-4-11)7-9-14-8-2-10-16(13)15/h3,5-6,11H,2,4,7-10H2,1H3,(H,13,15). The number of allylic oxidation sites excluding steroid dienone is 3. The van der Waals surface area contributed by atoms with Crippen LogP contribution in [0.25, 0.3) is 0 Å². The van der Waals surface area contributed by atoms with Gasteiger partial charge in [-0.1, -0.05) is 30.7 Å². The molecule has 16 heavy (non-hydrogen) atoms. The Bertz CT molecular complexity index is 285. The van der Waals surface area contributed by atoms with E-state index in [1.54, 1.807) is 0 Å². The third-order valence-electron chi connectivity index (χ3n) is 2.53. The maximum Gasteiger partial charge on any atom is 0.0506 e. The molecule has 2 atom stereocenters. The molecule has 4 heteroatoms. The van der Waals surface area contributed by atoms with E-state index in [9.17, 15) is 0 Å². The van der Waals surface area contributed by atoms with Crippen LogP contribution in [-0.2, 0) is 25.7 Å². The second kappa shape index (κ2) is 8.12. The molecule has 2 unspecified atom stereocenters. The van der Waals surface area contributed by atoms with Gasteiger partial charge in [-0.2, -0.15) is 0 Å². The minimum Gasteiger partial charge on any atom is -0.381 e. The van der Waals surface area contributed by atoms with Crippen LogP contribution in [0, 0.1) is 5.92 Å². The topological polar surface area (TPSA) is 29.5 Å². The third kappa shape index (κ3) is 6.53. The van der Waals surface area contributed by atoms with Gasteiger partial charge < -0.3 is 9.29 Å². The van der Waals surface area contributed by atoms with E-state index in [1.165, 1.54) is 5.57 Å². The summed E-state index contributed by atoms with van der Waals surface area (Å²) in [6, 6.07) is 0. The van der Waals surface area contributed by atoms with E-state index >= 15 is 0 Å². The van der Waals surface area contributed by atoms with Gasteiger partial charge in [-0.05, 0) is 36.4 Å². The summed E-state index contributed by atoms with van der Waals surface area (Å²) in [5, 5.41) is 0. The molecule has 0 bridgehead atoms. The highest BCUT2D eigenvalue weighted by Crippen LogP contribution is 2.17. The van der Waals surface area contributed by atoms with Crippen molar-refractivity contribution in [2.75, 3.05) is 19.0 Å². The molecule has 0 saturated carbocycles. The van der Waals surface area contributed by atoms with E-state index in [-0.39, 0.29) is 0 Å². The third-order valence-corrected chi connectivity index (χ3v) is 3.67. The van der Waals surface area contributed by atoms with E-state index in [1.807, 2.05) is 0 Å². The molecule has 1 aliphatic rings. The summed E-state index contributed by atoms with van der Waals surface area (Å²) in [6.07, 6.45) is 9.74. The van der Waals surface area contributed by atoms with Crippen molar-refractivity contribution in [2.45, 2.75) is 26.2 Å². The summed E-state index contributed by atoms with van der Waals surface area (Å²) in [4.78, 5) is 0. The highest BCUT2D eigenvalue weighted by molar-refractivity contribution is 8.25. The van der Waals surface area contributed by atoms with Crippen LogP contribution in [0.4, 0.5) is 0 Å². The van der Waals surface area contributed by atoms with Gasteiger partial charge in [0.25, 0.3) is 0 Å². The molecule has 1 aliphatic carbocycles. The zero-order chi connectivity index (χ0) is 11.8. The van der Waals surface area contributed by atoms with Crippen molar-refractivity contribution in [3.63, 3.8) is 0 Å². The number of rotatable bonds is 7. The molecule has 0 aromatic rings. The fourth-order valence-electron chi connectivity index (χ4n) is 1.53. The second-order valence-electron chi connectivity index (χ2n) is 4.09. The van der Waals surface area contributed by atoms with Crippen molar-refractivity contribution >= 4 is 20.9 Å². The molecule has 0 aromatic heterocycles. The van der Waals surface area contributed by atoms with Crippen LogP contribution in [0.1, 0.15) is 26.2 Å². The largest absolute Gasteiger partial charge is 0.381 e. The van der Waals surface area contributed by atoms with Gasteiger partial charge in [-0.25, -0.2) is 0 Å². The Labute approximate surface area is 105 Å².